The number of hydrogen-bond acceptors (Lipinski definition) is 5. The molecular weight excluding hydrogens is 496 g/mol. The fourth-order valence-electron chi connectivity index (χ4n) is 3.41. The second-order valence-corrected chi connectivity index (χ2v) is 6.38. The van der Waals surface area contributed by atoms with Gasteiger partial charge in [0.05, 0.1) is 32.7 Å². The van der Waals surface area contributed by atoms with Gasteiger partial charge in [-0.05, 0) is 42.0 Å². The Bertz CT molecular complexity index is 947. The quantitative estimate of drug-likeness (QED) is 0.400. The first-order chi connectivity index (χ1) is 14.7. The fourth-order valence-corrected chi connectivity index (χ4v) is 3.41. The molecule has 0 saturated heterocycles. The van der Waals surface area contributed by atoms with Gasteiger partial charge < -0.3 is 24.0 Å². The molecular formula is C23H22AgClN2O3. The molecule has 0 unspecified atom stereocenters. The SMILES string of the molecule is COc1cc(CN2[C]N(c3ccccc3)c3ccccc32)cc(OC)c1OC.[Cl][Ag]. The third-order valence-electron chi connectivity index (χ3n) is 4.71. The molecule has 7 heteroatoms. The van der Waals surface area contributed by atoms with Gasteiger partial charge in [-0.2, -0.15) is 0 Å². The third kappa shape index (κ3) is 4.55. The molecule has 1 aliphatic rings. The number of ether oxygens (including phenoxy) is 3. The van der Waals surface area contributed by atoms with E-state index in [0.29, 0.717) is 23.8 Å². The zero-order valence-electron chi connectivity index (χ0n) is 16.9. The number of hydrogen-bond donors (Lipinski definition) is 0. The Hall–Kier alpha value is -2.31. The van der Waals surface area contributed by atoms with Crippen LogP contribution in [0.15, 0.2) is 66.7 Å². The Morgan fingerprint density at radius 1 is 0.800 bits per heavy atom. The van der Waals surface area contributed by atoms with Crippen molar-refractivity contribution >= 4 is 26.3 Å². The van der Waals surface area contributed by atoms with E-state index in [4.69, 9.17) is 14.2 Å². The van der Waals surface area contributed by atoms with Crippen molar-refractivity contribution in [2.24, 2.45) is 0 Å². The molecule has 5 nitrogen and oxygen atoms in total. The molecule has 0 spiro atoms. The minimum absolute atomic E-state index is 0.592. The summed E-state index contributed by atoms with van der Waals surface area (Å²) in [4.78, 5) is 4.18. The van der Waals surface area contributed by atoms with Crippen LogP contribution >= 0.6 is 9.19 Å². The zero-order chi connectivity index (χ0) is 21.5. The summed E-state index contributed by atoms with van der Waals surface area (Å²) in [6.45, 7) is 4.10. The number of methoxy groups -OCH3 is 3. The number of anilines is 3. The van der Waals surface area contributed by atoms with Crippen LogP contribution in [0.2, 0.25) is 0 Å². The van der Waals surface area contributed by atoms with Crippen molar-refractivity contribution in [2.45, 2.75) is 6.54 Å². The van der Waals surface area contributed by atoms with Gasteiger partial charge >= 0.3 is 29.2 Å². The predicted octanol–water partition coefficient (Wildman–Crippen LogP) is 5.55. The maximum atomic E-state index is 5.49. The summed E-state index contributed by atoms with van der Waals surface area (Å²) in [7, 11) is 9.31. The predicted molar refractivity (Wildman–Crippen MR) is 116 cm³/mol. The molecule has 30 heavy (non-hydrogen) atoms. The molecule has 4 rings (SSSR count). The molecule has 0 saturated carbocycles. The van der Waals surface area contributed by atoms with Crippen LogP contribution in [-0.4, -0.2) is 21.3 Å². The van der Waals surface area contributed by atoms with E-state index in [1.165, 1.54) is 0 Å². The topological polar surface area (TPSA) is 34.2 Å². The van der Waals surface area contributed by atoms with Crippen molar-refractivity contribution in [1.29, 1.82) is 0 Å². The fraction of sp³-hybridized carbons (Fsp3) is 0.174. The average molecular weight is 518 g/mol. The van der Waals surface area contributed by atoms with E-state index >= 15 is 0 Å². The van der Waals surface area contributed by atoms with E-state index in [2.05, 4.69) is 69.9 Å². The number of benzene rings is 3. The number of para-hydroxylation sites is 3. The second-order valence-electron chi connectivity index (χ2n) is 6.38. The molecule has 0 fully saturated rings. The van der Waals surface area contributed by atoms with Gasteiger partial charge in [0.15, 0.2) is 11.5 Å². The number of halogens is 1. The van der Waals surface area contributed by atoms with E-state index < -0.39 is 0 Å². The summed E-state index contributed by atoms with van der Waals surface area (Å²) < 4.78 is 16.4. The molecule has 0 bridgehead atoms. The van der Waals surface area contributed by atoms with Gasteiger partial charge in [-0.15, -0.1) is 0 Å². The summed E-state index contributed by atoms with van der Waals surface area (Å²) in [6, 6.07) is 22.4. The Morgan fingerprint density at radius 3 is 1.93 bits per heavy atom. The second kappa shape index (κ2) is 10.6. The standard InChI is InChI=1S/C23H22N2O3.Ag.ClH/c1-26-21-13-17(14-22(27-2)23(21)28-3)15-24-16-25(18-9-5-4-6-10-18)20-12-8-7-11-19(20)24;;/h4-14H,15H2,1-3H3;;1H/q;+1;/p-1. The summed E-state index contributed by atoms with van der Waals surface area (Å²) in [5.41, 5.74) is 4.30. The third-order valence-corrected chi connectivity index (χ3v) is 4.71. The van der Waals surface area contributed by atoms with Gasteiger partial charge in [-0.3, -0.25) is 0 Å². The van der Waals surface area contributed by atoms with Crippen LogP contribution in [0.3, 0.4) is 0 Å². The summed E-state index contributed by atoms with van der Waals surface area (Å²) >= 11 is 2.42. The molecule has 2 radical (unpaired) electrons. The summed E-state index contributed by atoms with van der Waals surface area (Å²) in [5, 5.41) is 0. The maximum absolute atomic E-state index is 5.49. The minimum atomic E-state index is 0.592. The molecule has 160 valence electrons. The summed E-state index contributed by atoms with van der Waals surface area (Å²) in [5.74, 6) is 1.88. The summed E-state index contributed by atoms with van der Waals surface area (Å²) in [6.07, 6.45) is 0. The Kier molecular flexibility index (Phi) is 7.94. The van der Waals surface area contributed by atoms with Crippen LogP contribution in [0.1, 0.15) is 5.56 Å². The van der Waals surface area contributed by atoms with Crippen molar-refractivity contribution < 1.29 is 34.2 Å². The normalized spacial score (nSPS) is 12.1. The zero-order valence-corrected chi connectivity index (χ0v) is 19.1. The van der Waals surface area contributed by atoms with Crippen LogP contribution in [0.4, 0.5) is 17.1 Å². The van der Waals surface area contributed by atoms with Gasteiger partial charge in [0.2, 0.25) is 12.4 Å². The molecule has 0 amide bonds. The van der Waals surface area contributed by atoms with Gasteiger partial charge in [0.1, 0.15) is 0 Å². The van der Waals surface area contributed by atoms with Gasteiger partial charge in [-0.1, -0.05) is 30.3 Å². The van der Waals surface area contributed by atoms with E-state index in [1.54, 1.807) is 21.3 Å². The van der Waals surface area contributed by atoms with Crippen molar-refractivity contribution in [3.05, 3.63) is 79.0 Å². The molecule has 3 aromatic rings. The number of fused-ring (bicyclic) bond motifs is 1. The Morgan fingerprint density at radius 2 is 1.37 bits per heavy atom. The van der Waals surface area contributed by atoms with Crippen molar-refractivity contribution in [3.63, 3.8) is 0 Å². The van der Waals surface area contributed by atoms with Crippen LogP contribution in [0.5, 0.6) is 17.2 Å². The molecule has 1 aliphatic heterocycles. The van der Waals surface area contributed by atoms with Crippen molar-refractivity contribution in [1.82, 2.24) is 0 Å². The average Bonchev–Trinajstić information content (AvgIpc) is 3.18. The Balaban J connectivity index is 0.00000124. The first-order valence-electron chi connectivity index (χ1n) is 9.13. The molecule has 0 atom stereocenters. The number of rotatable bonds is 6. The molecule has 0 aromatic heterocycles. The van der Waals surface area contributed by atoms with Gasteiger partial charge in [0.25, 0.3) is 0 Å². The van der Waals surface area contributed by atoms with Crippen LogP contribution < -0.4 is 24.0 Å². The first kappa shape index (κ1) is 22.4. The monoisotopic (exact) mass is 516 g/mol. The van der Waals surface area contributed by atoms with Crippen LogP contribution in [0.25, 0.3) is 0 Å². The van der Waals surface area contributed by atoms with E-state index in [-0.39, 0.29) is 0 Å². The van der Waals surface area contributed by atoms with Gasteiger partial charge in [-0.25, -0.2) is 0 Å². The van der Waals surface area contributed by atoms with E-state index in [9.17, 15) is 0 Å². The van der Waals surface area contributed by atoms with Crippen molar-refractivity contribution in [2.75, 3.05) is 31.1 Å². The van der Waals surface area contributed by atoms with E-state index in [1.807, 2.05) is 42.5 Å². The first-order valence-corrected chi connectivity index (χ1v) is 11.0. The van der Waals surface area contributed by atoms with Gasteiger partial charge in [0, 0.05) is 12.2 Å². The van der Waals surface area contributed by atoms with E-state index in [0.717, 1.165) is 22.6 Å². The molecule has 1 heterocycles. The van der Waals surface area contributed by atoms with Crippen LogP contribution in [-0.2, 0) is 26.5 Å². The molecule has 3 aromatic carbocycles. The molecule has 0 aliphatic carbocycles. The number of nitrogens with zero attached hydrogens (tertiary/aromatic N) is 2. The molecule has 0 N–H and O–H groups in total. The Labute approximate surface area is 193 Å². The van der Waals surface area contributed by atoms with Crippen molar-refractivity contribution in [3.8, 4) is 17.2 Å². The van der Waals surface area contributed by atoms with Crippen LogP contribution in [0, 0.1) is 6.67 Å².